The van der Waals surface area contributed by atoms with Crippen LogP contribution in [0.15, 0.2) is 24.3 Å². The average Bonchev–Trinajstić information content (AvgIpc) is 2.59. The minimum Gasteiger partial charge on any atom is -0.388 e. The Morgan fingerprint density at radius 2 is 2.00 bits per heavy atom. The molecule has 0 saturated carbocycles. The van der Waals surface area contributed by atoms with E-state index >= 15 is 0 Å². The van der Waals surface area contributed by atoms with E-state index in [0.29, 0.717) is 5.69 Å². The van der Waals surface area contributed by atoms with Crippen LogP contribution in [0, 0.1) is 5.82 Å². The molecular formula is C11H13FN2O3. The van der Waals surface area contributed by atoms with Crippen molar-refractivity contribution in [2.75, 3.05) is 18.4 Å². The smallest absolute Gasteiger partial charge is 0.322 e. The summed E-state index contributed by atoms with van der Waals surface area (Å²) in [5.41, 5.74) is 0.339. The molecule has 1 aromatic carbocycles. The van der Waals surface area contributed by atoms with Gasteiger partial charge in [-0.3, -0.25) is 0 Å². The first-order valence-corrected chi connectivity index (χ1v) is 5.24. The predicted octanol–water partition coefficient (Wildman–Crippen LogP) is 0.395. The van der Waals surface area contributed by atoms with Crippen LogP contribution in [-0.4, -0.2) is 46.4 Å². The maximum atomic E-state index is 12.9. The van der Waals surface area contributed by atoms with Crippen molar-refractivity contribution in [1.29, 1.82) is 0 Å². The van der Waals surface area contributed by atoms with Gasteiger partial charge in [0.05, 0.1) is 25.3 Å². The van der Waals surface area contributed by atoms with Gasteiger partial charge in [0.1, 0.15) is 5.82 Å². The summed E-state index contributed by atoms with van der Waals surface area (Å²) in [6, 6.07) is 5.05. The molecule has 17 heavy (non-hydrogen) atoms. The van der Waals surface area contributed by atoms with E-state index in [4.69, 9.17) is 0 Å². The fourth-order valence-electron chi connectivity index (χ4n) is 1.70. The summed E-state index contributed by atoms with van der Waals surface area (Å²) >= 11 is 0. The standard InChI is InChI=1S/C11H13FN2O3/c12-7-2-1-3-8(4-7)13-11(17)14-5-9(15)10(16)6-14/h1-4,9-10,15-16H,5-6H2,(H,13,17). The lowest BCUT2D eigenvalue weighted by molar-refractivity contribution is 0.0572. The lowest BCUT2D eigenvalue weighted by atomic mass is 10.3. The topological polar surface area (TPSA) is 72.8 Å². The number of likely N-dealkylation sites (tertiary alicyclic amines) is 1. The van der Waals surface area contributed by atoms with Gasteiger partial charge in [-0.25, -0.2) is 9.18 Å². The van der Waals surface area contributed by atoms with Crippen LogP contribution in [0.5, 0.6) is 0 Å². The first kappa shape index (κ1) is 11.8. The maximum absolute atomic E-state index is 12.9. The molecule has 2 unspecified atom stereocenters. The molecule has 0 radical (unpaired) electrons. The van der Waals surface area contributed by atoms with E-state index in [1.165, 1.54) is 23.1 Å². The molecule has 3 N–H and O–H groups in total. The van der Waals surface area contributed by atoms with Crippen LogP contribution in [-0.2, 0) is 0 Å². The molecule has 2 amide bonds. The van der Waals surface area contributed by atoms with E-state index in [0.717, 1.165) is 0 Å². The van der Waals surface area contributed by atoms with E-state index < -0.39 is 24.1 Å². The molecule has 1 fully saturated rings. The van der Waals surface area contributed by atoms with Crippen molar-refractivity contribution in [3.05, 3.63) is 30.1 Å². The molecular weight excluding hydrogens is 227 g/mol. The first-order valence-electron chi connectivity index (χ1n) is 5.24. The molecule has 2 rings (SSSR count). The Morgan fingerprint density at radius 1 is 1.35 bits per heavy atom. The second-order valence-corrected chi connectivity index (χ2v) is 3.98. The Kier molecular flexibility index (Phi) is 3.26. The van der Waals surface area contributed by atoms with E-state index in [2.05, 4.69) is 5.32 Å². The number of carbonyl (C=O) groups is 1. The summed E-state index contributed by atoms with van der Waals surface area (Å²) in [6.07, 6.45) is -1.85. The van der Waals surface area contributed by atoms with Crippen molar-refractivity contribution >= 4 is 11.7 Å². The highest BCUT2D eigenvalue weighted by molar-refractivity contribution is 5.89. The Labute approximate surface area is 97.5 Å². The van der Waals surface area contributed by atoms with Crippen LogP contribution < -0.4 is 5.32 Å². The van der Waals surface area contributed by atoms with Crippen LogP contribution in [0.25, 0.3) is 0 Å². The second kappa shape index (κ2) is 4.68. The lowest BCUT2D eigenvalue weighted by Crippen LogP contribution is -2.33. The number of hydrogen-bond acceptors (Lipinski definition) is 3. The number of amides is 2. The molecule has 1 heterocycles. The molecule has 0 aromatic heterocycles. The van der Waals surface area contributed by atoms with Gasteiger partial charge in [-0.05, 0) is 18.2 Å². The van der Waals surface area contributed by atoms with E-state index in [1.807, 2.05) is 0 Å². The molecule has 5 nitrogen and oxygen atoms in total. The quantitative estimate of drug-likeness (QED) is 0.665. The number of rotatable bonds is 1. The molecule has 0 spiro atoms. The van der Waals surface area contributed by atoms with Gasteiger partial charge in [0.25, 0.3) is 0 Å². The van der Waals surface area contributed by atoms with Gasteiger partial charge in [0.15, 0.2) is 0 Å². The van der Waals surface area contributed by atoms with Crippen LogP contribution in [0.3, 0.4) is 0 Å². The molecule has 0 bridgehead atoms. The van der Waals surface area contributed by atoms with Crippen LogP contribution in [0.4, 0.5) is 14.9 Å². The third kappa shape index (κ3) is 2.72. The maximum Gasteiger partial charge on any atom is 0.322 e. The van der Waals surface area contributed by atoms with E-state index in [1.54, 1.807) is 6.07 Å². The summed E-state index contributed by atoms with van der Waals surface area (Å²) in [4.78, 5) is 13.0. The number of carbonyl (C=O) groups excluding carboxylic acids is 1. The number of benzene rings is 1. The number of urea groups is 1. The number of anilines is 1. The Morgan fingerprint density at radius 3 is 2.59 bits per heavy atom. The second-order valence-electron chi connectivity index (χ2n) is 3.98. The summed E-state index contributed by atoms with van der Waals surface area (Å²) in [5.74, 6) is -0.440. The molecule has 2 atom stereocenters. The monoisotopic (exact) mass is 240 g/mol. The van der Waals surface area contributed by atoms with Crippen molar-refractivity contribution < 1.29 is 19.4 Å². The molecule has 0 aliphatic carbocycles. The summed E-state index contributed by atoms with van der Waals surface area (Å²) in [7, 11) is 0. The minimum atomic E-state index is -0.923. The van der Waals surface area contributed by atoms with Crippen molar-refractivity contribution in [2.45, 2.75) is 12.2 Å². The van der Waals surface area contributed by atoms with Gasteiger partial charge in [0.2, 0.25) is 0 Å². The zero-order valence-corrected chi connectivity index (χ0v) is 9.01. The van der Waals surface area contributed by atoms with E-state index in [-0.39, 0.29) is 13.1 Å². The number of halogens is 1. The van der Waals surface area contributed by atoms with Gasteiger partial charge >= 0.3 is 6.03 Å². The van der Waals surface area contributed by atoms with Crippen molar-refractivity contribution in [1.82, 2.24) is 4.90 Å². The molecule has 1 aromatic rings. The van der Waals surface area contributed by atoms with Crippen LogP contribution in [0.2, 0.25) is 0 Å². The highest BCUT2D eigenvalue weighted by Crippen LogP contribution is 2.14. The van der Waals surface area contributed by atoms with Crippen molar-refractivity contribution in [2.24, 2.45) is 0 Å². The number of β-amino-alcohol motifs (C(OH)–C–C–N with tert-alkyl or cyclic N) is 2. The minimum absolute atomic E-state index is 0.0717. The number of aliphatic hydroxyl groups excluding tert-OH is 2. The van der Waals surface area contributed by atoms with Gasteiger partial charge in [-0.15, -0.1) is 0 Å². The van der Waals surface area contributed by atoms with Crippen LogP contribution in [0.1, 0.15) is 0 Å². The van der Waals surface area contributed by atoms with Gasteiger partial charge < -0.3 is 20.4 Å². The summed E-state index contributed by atoms with van der Waals surface area (Å²) in [5, 5.41) is 21.1. The SMILES string of the molecule is O=C(Nc1cccc(F)c1)N1CC(O)C(O)C1. The predicted molar refractivity (Wildman–Crippen MR) is 59.0 cm³/mol. The normalized spacial score (nSPS) is 23.8. The highest BCUT2D eigenvalue weighted by atomic mass is 19.1. The third-order valence-corrected chi connectivity index (χ3v) is 2.62. The Bertz CT molecular complexity index is 417. The van der Waals surface area contributed by atoms with E-state index in [9.17, 15) is 19.4 Å². The molecule has 6 heteroatoms. The van der Waals surface area contributed by atoms with Gasteiger partial charge in [-0.2, -0.15) is 0 Å². The number of hydrogen-bond donors (Lipinski definition) is 3. The van der Waals surface area contributed by atoms with Crippen molar-refractivity contribution in [3.8, 4) is 0 Å². The molecule has 92 valence electrons. The highest BCUT2D eigenvalue weighted by Gasteiger charge is 2.32. The third-order valence-electron chi connectivity index (χ3n) is 2.62. The summed E-state index contributed by atoms with van der Waals surface area (Å²) < 4.78 is 12.9. The number of aliphatic hydroxyl groups is 2. The largest absolute Gasteiger partial charge is 0.388 e. The molecule has 1 aliphatic heterocycles. The fraction of sp³-hybridized carbons (Fsp3) is 0.364. The van der Waals surface area contributed by atoms with Gasteiger partial charge in [-0.1, -0.05) is 6.07 Å². The Balaban J connectivity index is 1.98. The summed E-state index contributed by atoms with van der Waals surface area (Å²) in [6.45, 7) is 0.143. The number of nitrogens with zero attached hydrogens (tertiary/aromatic N) is 1. The Hall–Kier alpha value is -1.66. The zero-order chi connectivity index (χ0) is 12.4. The fourth-order valence-corrected chi connectivity index (χ4v) is 1.70. The zero-order valence-electron chi connectivity index (χ0n) is 9.01. The first-order chi connectivity index (χ1) is 8.06. The van der Waals surface area contributed by atoms with Crippen molar-refractivity contribution in [3.63, 3.8) is 0 Å². The van der Waals surface area contributed by atoms with Crippen LogP contribution >= 0.6 is 0 Å². The molecule has 1 saturated heterocycles. The molecule has 1 aliphatic rings. The van der Waals surface area contributed by atoms with Gasteiger partial charge in [0, 0.05) is 5.69 Å². The lowest BCUT2D eigenvalue weighted by Gasteiger charge is -2.16. The average molecular weight is 240 g/mol. The number of nitrogens with one attached hydrogen (secondary N) is 1.